The molecule has 3 rings (SSSR count). The average Bonchev–Trinajstić information content (AvgIpc) is 2.90. The molecule has 0 spiro atoms. The lowest BCUT2D eigenvalue weighted by Gasteiger charge is -2.34. The highest BCUT2D eigenvalue weighted by Gasteiger charge is 2.28. The van der Waals surface area contributed by atoms with Gasteiger partial charge in [0.25, 0.3) is 0 Å². The summed E-state index contributed by atoms with van der Waals surface area (Å²) in [7, 11) is 0. The van der Waals surface area contributed by atoms with Crippen molar-refractivity contribution in [1.82, 2.24) is 15.1 Å². The third-order valence-corrected chi connectivity index (χ3v) is 6.42. The van der Waals surface area contributed by atoms with Crippen molar-refractivity contribution in [2.75, 3.05) is 39.3 Å². The minimum atomic E-state index is -0.497. The van der Waals surface area contributed by atoms with Gasteiger partial charge in [0.2, 0.25) is 0 Å². The van der Waals surface area contributed by atoms with Crippen molar-refractivity contribution in [3.8, 4) is 0 Å². The predicted octanol–water partition coefficient (Wildman–Crippen LogP) is 5.15. The summed E-state index contributed by atoms with van der Waals surface area (Å²) >= 11 is 0. The first-order valence-corrected chi connectivity index (χ1v) is 14.4. The van der Waals surface area contributed by atoms with Crippen molar-refractivity contribution < 1.29 is 28.6 Å². The fraction of sp³-hybridized carbons (Fsp3) is 0.700. The van der Waals surface area contributed by atoms with Crippen LogP contribution < -0.4 is 11.1 Å². The van der Waals surface area contributed by atoms with Crippen molar-refractivity contribution in [1.29, 1.82) is 0 Å². The van der Waals surface area contributed by atoms with Crippen LogP contribution in [-0.2, 0) is 20.8 Å². The summed E-state index contributed by atoms with van der Waals surface area (Å²) in [6.07, 6.45) is 3.10. The molecule has 0 radical (unpaired) electrons. The normalized spacial score (nSPS) is 19.6. The number of hydrogen-bond acceptors (Lipinski definition) is 7. The van der Waals surface area contributed by atoms with E-state index < -0.39 is 17.3 Å². The van der Waals surface area contributed by atoms with Crippen LogP contribution in [0.15, 0.2) is 30.3 Å². The molecule has 2 atom stereocenters. The molecule has 2 saturated heterocycles. The molecule has 0 saturated carbocycles. The fourth-order valence-corrected chi connectivity index (χ4v) is 4.48. The standard InChI is InChI=1S/C19H28N2O4.C11H22N2O2/c1-19(2,3)25-18(23)21-11-7-10-16(13-21)12-20-17(22)24-14-15-8-5-4-6-9-15;1-11(2,3)15-10(14)13-6-4-5-9(7-12)8-13/h4-6,8-9,16H,7,10-14H2,1-3H3,(H,20,22);9H,4-8,12H2,1-3H3/t16-;9-/m00/s1. The van der Waals surface area contributed by atoms with Crippen molar-refractivity contribution in [3.63, 3.8) is 0 Å². The summed E-state index contributed by atoms with van der Waals surface area (Å²) in [5.41, 5.74) is 5.66. The van der Waals surface area contributed by atoms with E-state index in [0.29, 0.717) is 32.1 Å². The monoisotopic (exact) mass is 562 g/mol. The molecule has 0 bridgehead atoms. The molecular formula is C30H50N4O6. The molecule has 0 aliphatic carbocycles. The molecule has 3 amide bonds. The number of benzene rings is 1. The number of carbonyl (C=O) groups excluding carboxylic acids is 3. The van der Waals surface area contributed by atoms with E-state index in [1.54, 1.807) is 9.80 Å². The topological polar surface area (TPSA) is 123 Å². The Morgan fingerprint density at radius 2 is 1.35 bits per heavy atom. The Hall–Kier alpha value is -3.01. The Kier molecular flexibility index (Phi) is 13.0. The van der Waals surface area contributed by atoms with Gasteiger partial charge in [-0.2, -0.15) is 0 Å². The zero-order chi connectivity index (χ0) is 29.8. The van der Waals surface area contributed by atoms with Crippen LogP contribution in [0.5, 0.6) is 0 Å². The van der Waals surface area contributed by atoms with Crippen molar-refractivity contribution >= 4 is 18.3 Å². The Bertz CT molecular complexity index is 928. The molecule has 1 aromatic rings. The molecule has 3 N–H and O–H groups in total. The highest BCUT2D eigenvalue weighted by Crippen LogP contribution is 2.20. The van der Waals surface area contributed by atoms with Crippen LogP contribution >= 0.6 is 0 Å². The zero-order valence-electron chi connectivity index (χ0n) is 25.2. The number of nitrogens with two attached hydrogens (primary N) is 1. The first kappa shape index (κ1) is 33.2. The van der Waals surface area contributed by atoms with Crippen LogP contribution in [-0.4, -0.2) is 78.6 Å². The highest BCUT2D eigenvalue weighted by atomic mass is 16.6. The minimum absolute atomic E-state index is 0.208. The van der Waals surface area contributed by atoms with Gasteiger partial charge in [0, 0.05) is 32.7 Å². The zero-order valence-corrected chi connectivity index (χ0v) is 25.2. The van der Waals surface area contributed by atoms with Crippen molar-refractivity contribution in [2.24, 2.45) is 17.6 Å². The second-order valence-corrected chi connectivity index (χ2v) is 12.5. The summed E-state index contributed by atoms with van der Waals surface area (Å²) in [6, 6.07) is 9.55. The number of nitrogens with zero attached hydrogens (tertiary/aromatic N) is 2. The van der Waals surface area contributed by atoms with E-state index in [-0.39, 0.29) is 24.7 Å². The number of amides is 3. The third kappa shape index (κ3) is 13.4. The van der Waals surface area contributed by atoms with Gasteiger partial charge in [-0.25, -0.2) is 14.4 Å². The second kappa shape index (κ2) is 15.7. The van der Waals surface area contributed by atoms with E-state index in [9.17, 15) is 14.4 Å². The number of carbonyl (C=O) groups is 3. The van der Waals surface area contributed by atoms with Gasteiger partial charge in [0.1, 0.15) is 17.8 Å². The van der Waals surface area contributed by atoms with Crippen LogP contribution in [0.4, 0.5) is 14.4 Å². The molecule has 2 aliphatic rings. The maximum atomic E-state index is 12.1. The molecule has 226 valence electrons. The number of piperidine rings is 2. The molecule has 1 aromatic carbocycles. The molecule has 40 heavy (non-hydrogen) atoms. The van der Waals surface area contributed by atoms with Gasteiger partial charge in [-0.1, -0.05) is 30.3 Å². The quantitative estimate of drug-likeness (QED) is 0.476. The van der Waals surface area contributed by atoms with E-state index in [1.165, 1.54) is 0 Å². The van der Waals surface area contributed by atoms with Crippen LogP contribution in [0.1, 0.15) is 72.8 Å². The molecule has 0 unspecified atom stereocenters. The Labute approximate surface area is 239 Å². The lowest BCUT2D eigenvalue weighted by molar-refractivity contribution is 0.0158. The molecule has 2 fully saturated rings. The van der Waals surface area contributed by atoms with Gasteiger partial charge in [0.05, 0.1) is 0 Å². The van der Waals surface area contributed by atoms with Crippen molar-refractivity contribution in [2.45, 2.75) is 85.0 Å². The van der Waals surface area contributed by atoms with Gasteiger partial charge >= 0.3 is 18.3 Å². The number of ether oxygens (including phenoxy) is 3. The van der Waals surface area contributed by atoms with Crippen molar-refractivity contribution in [3.05, 3.63) is 35.9 Å². The molecular weight excluding hydrogens is 512 g/mol. The number of hydrogen-bond donors (Lipinski definition) is 2. The van der Waals surface area contributed by atoms with Gasteiger partial charge < -0.3 is 35.1 Å². The van der Waals surface area contributed by atoms with E-state index in [4.69, 9.17) is 19.9 Å². The van der Waals surface area contributed by atoms with Gasteiger partial charge in [-0.3, -0.25) is 0 Å². The fourth-order valence-electron chi connectivity index (χ4n) is 4.48. The predicted molar refractivity (Wildman–Crippen MR) is 155 cm³/mol. The molecule has 10 heteroatoms. The van der Waals surface area contributed by atoms with Crippen LogP contribution in [0, 0.1) is 11.8 Å². The number of alkyl carbamates (subject to hydrolysis) is 1. The van der Waals surface area contributed by atoms with E-state index >= 15 is 0 Å². The SMILES string of the molecule is CC(C)(C)OC(=O)N1CCC[C@@H](CN)C1.CC(C)(C)OC(=O)N1CCC[C@@H](CNC(=O)OCc2ccccc2)C1. The van der Waals surface area contributed by atoms with E-state index in [0.717, 1.165) is 44.3 Å². The molecule has 10 nitrogen and oxygen atoms in total. The Morgan fingerprint density at radius 3 is 1.85 bits per heavy atom. The Morgan fingerprint density at radius 1 is 0.850 bits per heavy atom. The lowest BCUT2D eigenvalue weighted by atomic mass is 9.98. The smallest absolute Gasteiger partial charge is 0.410 e. The lowest BCUT2D eigenvalue weighted by Crippen LogP contribution is -2.45. The maximum absolute atomic E-state index is 12.1. The maximum Gasteiger partial charge on any atom is 0.410 e. The number of rotatable bonds is 5. The van der Waals surface area contributed by atoms with E-state index in [2.05, 4.69) is 5.32 Å². The highest BCUT2D eigenvalue weighted by molar-refractivity contribution is 5.69. The summed E-state index contributed by atoms with van der Waals surface area (Å²) in [5, 5.41) is 2.79. The first-order valence-electron chi connectivity index (χ1n) is 14.4. The number of likely N-dealkylation sites (tertiary alicyclic amines) is 2. The second-order valence-electron chi connectivity index (χ2n) is 12.5. The Balaban J connectivity index is 0.000000319. The van der Waals surface area contributed by atoms with Crippen LogP contribution in [0.25, 0.3) is 0 Å². The molecule has 0 aromatic heterocycles. The molecule has 2 heterocycles. The molecule has 2 aliphatic heterocycles. The number of nitrogens with one attached hydrogen (secondary N) is 1. The first-order chi connectivity index (χ1) is 18.8. The minimum Gasteiger partial charge on any atom is -0.445 e. The summed E-state index contributed by atoms with van der Waals surface area (Å²) < 4.78 is 15.9. The third-order valence-electron chi connectivity index (χ3n) is 6.42. The summed E-state index contributed by atoms with van der Waals surface area (Å²) in [4.78, 5) is 39.2. The van der Waals surface area contributed by atoms with Crippen LogP contribution in [0.3, 0.4) is 0 Å². The van der Waals surface area contributed by atoms with Gasteiger partial charge in [0.15, 0.2) is 0 Å². The largest absolute Gasteiger partial charge is 0.445 e. The van der Waals surface area contributed by atoms with Gasteiger partial charge in [-0.05, 0) is 91.2 Å². The van der Waals surface area contributed by atoms with Gasteiger partial charge in [-0.15, -0.1) is 0 Å². The average molecular weight is 563 g/mol. The summed E-state index contributed by atoms with van der Waals surface area (Å²) in [5.74, 6) is 0.650. The van der Waals surface area contributed by atoms with Crippen LogP contribution in [0.2, 0.25) is 0 Å². The summed E-state index contributed by atoms with van der Waals surface area (Å²) in [6.45, 7) is 15.5. The van der Waals surface area contributed by atoms with E-state index in [1.807, 2.05) is 71.9 Å².